The van der Waals surface area contributed by atoms with Gasteiger partial charge in [-0.25, -0.2) is 22.0 Å². The molecule has 0 aliphatic carbocycles. The number of carbonyl (C=O) groups is 2. The third kappa shape index (κ3) is 4.81. The molecule has 3 aromatic carbocycles. The van der Waals surface area contributed by atoms with E-state index in [2.05, 4.69) is 4.72 Å². The van der Waals surface area contributed by atoms with Gasteiger partial charge in [0, 0.05) is 23.9 Å². The second-order valence-corrected chi connectivity index (χ2v) is 10.4. The van der Waals surface area contributed by atoms with Crippen LogP contribution in [-0.4, -0.2) is 38.3 Å². The Kier molecular flexibility index (Phi) is 6.81. The van der Waals surface area contributed by atoms with Gasteiger partial charge in [0.25, 0.3) is 15.9 Å². The molecule has 1 unspecified atom stereocenters. The minimum Gasteiger partial charge on any atom is -0.467 e. The number of ether oxygens (including phenoxy) is 1. The summed E-state index contributed by atoms with van der Waals surface area (Å²) in [5, 5.41) is 0. The van der Waals surface area contributed by atoms with Gasteiger partial charge in [0.1, 0.15) is 22.6 Å². The van der Waals surface area contributed by atoms with Crippen LogP contribution in [0.3, 0.4) is 0 Å². The molecule has 0 saturated heterocycles. The number of carbonyl (C=O) groups excluding carboxylic acids is 2. The summed E-state index contributed by atoms with van der Waals surface area (Å²) in [4.78, 5) is 26.3. The average Bonchev–Trinajstić information content (AvgIpc) is 3.14. The van der Waals surface area contributed by atoms with Crippen LogP contribution in [0.2, 0.25) is 0 Å². The van der Waals surface area contributed by atoms with E-state index in [1.807, 2.05) is 26.0 Å². The number of nitrogens with zero attached hydrogens (tertiary/aromatic N) is 1. The third-order valence-corrected chi connectivity index (χ3v) is 7.42. The summed E-state index contributed by atoms with van der Waals surface area (Å²) in [7, 11) is -2.97. The van der Waals surface area contributed by atoms with Crippen molar-refractivity contribution in [2.75, 3.05) is 11.8 Å². The van der Waals surface area contributed by atoms with E-state index in [0.29, 0.717) is 23.7 Å². The predicted octanol–water partition coefficient (Wildman–Crippen LogP) is 4.59. The molecule has 1 atom stereocenters. The van der Waals surface area contributed by atoms with Gasteiger partial charge >= 0.3 is 5.97 Å². The molecule has 0 spiro atoms. The fourth-order valence-electron chi connectivity index (χ4n) is 4.24. The number of rotatable bonds is 7. The van der Waals surface area contributed by atoms with Crippen LogP contribution in [0.25, 0.3) is 11.1 Å². The van der Waals surface area contributed by atoms with E-state index in [0.717, 1.165) is 23.3 Å². The maximum absolute atomic E-state index is 13.9. The molecule has 4 rings (SSSR count). The summed E-state index contributed by atoms with van der Waals surface area (Å²) < 4.78 is 59.2. The maximum Gasteiger partial charge on any atom is 0.328 e. The Morgan fingerprint density at radius 1 is 1.00 bits per heavy atom. The van der Waals surface area contributed by atoms with Crippen molar-refractivity contribution < 1.29 is 31.5 Å². The number of fused-ring (bicyclic) bond motifs is 1. The number of esters is 1. The molecule has 1 amide bonds. The topological polar surface area (TPSA) is 92.8 Å². The molecule has 0 aromatic heterocycles. The Hall–Kier alpha value is -3.79. The van der Waals surface area contributed by atoms with E-state index in [1.54, 1.807) is 18.2 Å². The molecule has 3 aromatic rings. The highest BCUT2D eigenvalue weighted by molar-refractivity contribution is 7.92. The van der Waals surface area contributed by atoms with Crippen LogP contribution in [0.5, 0.6) is 0 Å². The number of hydrogen-bond acceptors (Lipinski definition) is 5. The van der Waals surface area contributed by atoms with Gasteiger partial charge in [-0.2, -0.15) is 0 Å². The quantitative estimate of drug-likeness (QED) is 0.466. The standard InChI is InChI=1S/C26H24F2N2O5S/c1-15(2)24(26(32)35-3)30-14-18-5-4-17(12-21(18)25(30)31)16-6-9-20(10-7-16)29-36(33,34)23-11-8-19(27)13-22(23)28/h4-13,15,24,29H,14H2,1-3H3. The highest BCUT2D eigenvalue weighted by Crippen LogP contribution is 2.32. The fourth-order valence-corrected chi connectivity index (χ4v) is 5.36. The lowest BCUT2D eigenvalue weighted by Crippen LogP contribution is -2.45. The van der Waals surface area contributed by atoms with Crippen LogP contribution in [-0.2, 0) is 26.1 Å². The van der Waals surface area contributed by atoms with Crippen molar-refractivity contribution in [3.05, 3.63) is 83.4 Å². The maximum atomic E-state index is 13.9. The molecule has 36 heavy (non-hydrogen) atoms. The first-order chi connectivity index (χ1) is 17.0. The van der Waals surface area contributed by atoms with Gasteiger partial charge in [-0.1, -0.05) is 38.1 Å². The average molecular weight is 515 g/mol. The van der Waals surface area contributed by atoms with Gasteiger partial charge in [-0.3, -0.25) is 9.52 Å². The number of amides is 1. The van der Waals surface area contributed by atoms with Crippen LogP contribution >= 0.6 is 0 Å². The SMILES string of the molecule is COC(=O)C(C(C)C)N1Cc2ccc(-c3ccc(NS(=O)(=O)c4ccc(F)cc4F)cc3)cc2C1=O. The Balaban J connectivity index is 1.55. The highest BCUT2D eigenvalue weighted by Gasteiger charge is 2.38. The van der Waals surface area contributed by atoms with Gasteiger partial charge in [0.15, 0.2) is 0 Å². The number of benzene rings is 3. The normalized spacial score (nSPS) is 14.1. The first-order valence-corrected chi connectivity index (χ1v) is 12.6. The number of nitrogens with one attached hydrogen (secondary N) is 1. The van der Waals surface area contributed by atoms with E-state index in [4.69, 9.17) is 4.74 Å². The molecule has 1 N–H and O–H groups in total. The van der Waals surface area contributed by atoms with Crippen LogP contribution in [0.15, 0.2) is 65.6 Å². The molecule has 188 valence electrons. The number of anilines is 1. The molecule has 7 nitrogen and oxygen atoms in total. The lowest BCUT2D eigenvalue weighted by atomic mass is 10.0. The monoisotopic (exact) mass is 514 g/mol. The molecule has 0 radical (unpaired) electrons. The van der Waals surface area contributed by atoms with Crippen LogP contribution in [0, 0.1) is 17.6 Å². The first kappa shape index (κ1) is 25.3. The summed E-state index contributed by atoms with van der Waals surface area (Å²) in [5.74, 6) is -2.93. The van der Waals surface area contributed by atoms with Crippen molar-refractivity contribution in [3.63, 3.8) is 0 Å². The van der Waals surface area contributed by atoms with Crippen molar-refractivity contribution in [2.24, 2.45) is 5.92 Å². The summed E-state index contributed by atoms with van der Waals surface area (Å²) in [6.07, 6.45) is 0. The van der Waals surface area contributed by atoms with Gasteiger partial charge in [0.2, 0.25) is 0 Å². The predicted molar refractivity (Wildman–Crippen MR) is 130 cm³/mol. The number of halogens is 2. The molecule has 10 heteroatoms. The number of sulfonamides is 1. The third-order valence-electron chi connectivity index (χ3n) is 6.01. The number of methoxy groups -OCH3 is 1. The Morgan fingerprint density at radius 3 is 2.28 bits per heavy atom. The fraction of sp³-hybridized carbons (Fsp3) is 0.231. The van der Waals surface area contributed by atoms with Crippen LogP contribution < -0.4 is 4.72 Å². The Labute approximate surface area is 207 Å². The van der Waals surface area contributed by atoms with Crippen molar-refractivity contribution in [1.29, 1.82) is 0 Å². The van der Waals surface area contributed by atoms with Crippen molar-refractivity contribution in [3.8, 4) is 11.1 Å². The molecule has 1 aliphatic heterocycles. The first-order valence-electron chi connectivity index (χ1n) is 11.1. The minimum atomic E-state index is -4.26. The lowest BCUT2D eigenvalue weighted by Gasteiger charge is -2.28. The molecule has 1 heterocycles. The van der Waals surface area contributed by atoms with Gasteiger partial charge in [0.05, 0.1) is 7.11 Å². The van der Waals surface area contributed by atoms with E-state index >= 15 is 0 Å². The zero-order valence-electron chi connectivity index (χ0n) is 19.8. The van der Waals surface area contributed by atoms with Crippen molar-refractivity contribution in [1.82, 2.24) is 4.90 Å². The summed E-state index contributed by atoms with van der Waals surface area (Å²) in [6.45, 7) is 4.00. The van der Waals surface area contributed by atoms with Crippen molar-refractivity contribution >= 4 is 27.6 Å². The van der Waals surface area contributed by atoms with Gasteiger partial charge < -0.3 is 9.64 Å². The Morgan fingerprint density at radius 2 is 1.67 bits per heavy atom. The summed E-state index contributed by atoms with van der Waals surface area (Å²) in [5.41, 5.74) is 2.90. The second kappa shape index (κ2) is 9.69. The number of hydrogen-bond donors (Lipinski definition) is 1. The van der Waals surface area contributed by atoms with Crippen LogP contribution in [0.1, 0.15) is 29.8 Å². The zero-order valence-corrected chi connectivity index (χ0v) is 20.6. The Bertz CT molecular complexity index is 1440. The largest absolute Gasteiger partial charge is 0.467 e. The molecule has 0 bridgehead atoms. The minimum absolute atomic E-state index is 0.130. The van der Waals surface area contributed by atoms with Crippen molar-refractivity contribution in [2.45, 2.75) is 31.3 Å². The van der Waals surface area contributed by atoms with E-state index in [1.165, 1.54) is 24.1 Å². The molecular formula is C26H24F2N2O5S. The smallest absolute Gasteiger partial charge is 0.328 e. The second-order valence-electron chi connectivity index (χ2n) is 8.77. The van der Waals surface area contributed by atoms with E-state index < -0.39 is 38.6 Å². The molecule has 0 fully saturated rings. The zero-order chi connectivity index (χ0) is 26.2. The molecule has 0 saturated carbocycles. The van der Waals surface area contributed by atoms with Gasteiger partial charge in [-0.15, -0.1) is 0 Å². The summed E-state index contributed by atoms with van der Waals surface area (Å²) >= 11 is 0. The lowest BCUT2D eigenvalue weighted by molar-refractivity contribution is -0.147. The highest BCUT2D eigenvalue weighted by atomic mass is 32.2. The van der Waals surface area contributed by atoms with Crippen LogP contribution in [0.4, 0.5) is 14.5 Å². The molecule has 1 aliphatic rings. The molecular weight excluding hydrogens is 490 g/mol. The van der Waals surface area contributed by atoms with E-state index in [-0.39, 0.29) is 17.5 Å². The summed E-state index contributed by atoms with van der Waals surface area (Å²) in [6, 6.07) is 13.2. The van der Waals surface area contributed by atoms with E-state index in [9.17, 15) is 26.8 Å². The van der Waals surface area contributed by atoms with Gasteiger partial charge in [-0.05, 0) is 52.9 Å².